The number of fused-ring (bicyclic) bond motifs is 1. The van der Waals surface area contributed by atoms with E-state index >= 15 is 0 Å². The molecular weight excluding hydrogens is 238 g/mol. The highest BCUT2D eigenvalue weighted by atomic mass is 16.7. The van der Waals surface area contributed by atoms with Crippen molar-refractivity contribution in [3.8, 4) is 11.6 Å². The first kappa shape index (κ1) is 12.0. The first-order valence-electron chi connectivity index (χ1n) is 5.33. The van der Waals surface area contributed by atoms with Gasteiger partial charge in [0.1, 0.15) is 5.75 Å². The molecule has 0 aliphatic carbocycles. The smallest absolute Gasteiger partial charge is 0.482 e. The molecule has 0 saturated carbocycles. The molecule has 0 aliphatic rings. The van der Waals surface area contributed by atoms with Crippen molar-refractivity contribution in [2.45, 2.75) is 6.92 Å². The second-order valence-electron chi connectivity index (χ2n) is 3.42. The van der Waals surface area contributed by atoms with Crippen LogP contribution < -0.4 is 15.1 Å². The molecular formula is C11H13N3O4. The minimum atomic E-state index is -0.773. The SMILES string of the molecule is CCOC(=O)Oc1cc(OC)n2c(=N)[nH]cc2c1. The molecule has 7 heteroatoms. The molecule has 2 rings (SSSR count). The Kier molecular flexibility index (Phi) is 3.22. The van der Waals surface area contributed by atoms with Gasteiger partial charge in [-0.1, -0.05) is 0 Å². The third-order valence-corrected chi connectivity index (χ3v) is 2.29. The highest BCUT2D eigenvalue weighted by Crippen LogP contribution is 2.22. The summed E-state index contributed by atoms with van der Waals surface area (Å²) < 4.78 is 16.3. The van der Waals surface area contributed by atoms with Crippen molar-refractivity contribution < 1.29 is 19.0 Å². The molecule has 0 spiro atoms. The molecule has 18 heavy (non-hydrogen) atoms. The van der Waals surface area contributed by atoms with Crippen molar-refractivity contribution in [2.24, 2.45) is 0 Å². The molecule has 0 unspecified atom stereocenters. The van der Waals surface area contributed by atoms with Crippen LogP contribution in [0.25, 0.3) is 5.52 Å². The van der Waals surface area contributed by atoms with E-state index in [0.29, 0.717) is 17.1 Å². The van der Waals surface area contributed by atoms with Crippen molar-refractivity contribution in [1.29, 1.82) is 5.41 Å². The lowest BCUT2D eigenvalue weighted by Crippen LogP contribution is -2.13. The van der Waals surface area contributed by atoms with Crippen LogP contribution in [0.2, 0.25) is 0 Å². The minimum Gasteiger partial charge on any atom is -0.482 e. The summed E-state index contributed by atoms with van der Waals surface area (Å²) in [7, 11) is 1.47. The van der Waals surface area contributed by atoms with Crippen molar-refractivity contribution in [1.82, 2.24) is 9.38 Å². The van der Waals surface area contributed by atoms with Crippen LogP contribution >= 0.6 is 0 Å². The van der Waals surface area contributed by atoms with E-state index in [9.17, 15) is 4.79 Å². The van der Waals surface area contributed by atoms with Crippen LogP contribution in [0.5, 0.6) is 11.6 Å². The third kappa shape index (κ3) is 2.15. The summed E-state index contributed by atoms with van der Waals surface area (Å²) in [4.78, 5) is 14.0. The summed E-state index contributed by atoms with van der Waals surface area (Å²) in [6.45, 7) is 1.94. The number of rotatable bonds is 3. The van der Waals surface area contributed by atoms with Crippen molar-refractivity contribution in [3.63, 3.8) is 0 Å². The molecule has 0 bridgehead atoms. The third-order valence-electron chi connectivity index (χ3n) is 2.29. The van der Waals surface area contributed by atoms with Crippen LogP contribution in [0.4, 0.5) is 4.79 Å². The maximum absolute atomic E-state index is 11.2. The Morgan fingerprint density at radius 1 is 1.50 bits per heavy atom. The lowest BCUT2D eigenvalue weighted by molar-refractivity contribution is 0.104. The van der Waals surface area contributed by atoms with Gasteiger partial charge in [-0.2, -0.15) is 0 Å². The molecule has 0 radical (unpaired) electrons. The zero-order valence-electron chi connectivity index (χ0n) is 10.0. The Balaban J connectivity index is 2.41. The average molecular weight is 251 g/mol. The highest BCUT2D eigenvalue weighted by Gasteiger charge is 2.10. The normalized spacial score (nSPS) is 10.3. The number of carbonyl (C=O) groups is 1. The fraction of sp³-hybridized carbons (Fsp3) is 0.273. The number of methoxy groups -OCH3 is 1. The van der Waals surface area contributed by atoms with Crippen molar-refractivity contribution in [2.75, 3.05) is 13.7 Å². The molecule has 0 amide bonds. The summed E-state index contributed by atoms with van der Waals surface area (Å²) in [5.41, 5.74) is 0.822. The van der Waals surface area contributed by atoms with E-state index in [4.69, 9.17) is 14.9 Å². The standard InChI is InChI=1S/C11H13N3O4/c1-3-17-11(15)18-8-4-7-6-13-10(12)14(7)9(5-8)16-2/h4-6H,3H2,1-2H3,(H2,12,13). The molecule has 0 fully saturated rings. The Morgan fingerprint density at radius 2 is 2.28 bits per heavy atom. The molecule has 2 heterocycles. The number of imidazole rings is 1. The number of nitrogens with one attached hydrogen (secondary N) is 2. The van der Waals surface area contributed by atoms with Gasteiger partial charge in [-0.3, -0.25) is 5.41 Å². The number of aromatic nitrogens is 2. The molecule has 0 aromatic carbocycles. The molecule has 0 atom stereocenters. The average Bonchev–Trinajstić information content (AvgIpc) is 2.70. The molecule has 7 nitrogen and oxygen atoms in total. The second kappa shape index (κ2) is 4.82. The Bertz CT molecular complexity index is 629. The summed E-state index contributed by atoms with van der Waals surface area (Å²) in [5, 5.41) is 7.66. The predicted octanol–water partition coefficient (Wildman–Crippen LogP) is 1.29. The van der Waals surface area contributed by atoms with E-state index in [1.54, 1.807) is 19.2 Å². The zero-order chi connectivity index (χ0) is 13.1. The van der Waals surface area contributed by atoms with Gasteiger partial charge in [0.25, 0.3) is 0 Å². The Hall–Kier alpha value is -2.44. The van der Waals surface area contributed by atoms with E-state index < -0.39 is 6.16 Å². The van der Waals surface area contributed by atoms with E-state index in [0.717, 1.165) is 0 Å². The lowest BCUT2D eigenvalue weighted by Gasteiger charge is -2.08. The first-order valence-corrected chi connectivity index (χ1v) is 5.33. The fourth-order valence-corrected chi connectivity index (χ4v) is 1.57. The van der Waals surface area contributed by atoms with Crippen LogP contribution in [0.1, 0.15) is 6.92 Å². The molecule has 2 N–H and O–H groups in total. The van der Waals surface area contributed by atoms with Gasteiger partial charge in [0.05, 0.1) is 19.2 Å². The van der Waals surface area contributed by atoms with Crippen molar-refractivity contribution in [3.05, 3.63) is 23.9 Å². The van der Waals surface area contributed by atoms with Gasteiger partial charge in [0.2, 0.25) is 11.5 Å². The Morgan fingerprint density at radius 3 is 2.94 bits per heavy atom. The van der Waals surface area contributed by atoms with Crippen LogP contribution in [0, 0.1) is 5.41 Å². The molecule has 0 saturated heterocycles. The molecule has 2 aromatic heterocycles. The van der Waals surface area contributed by atoms with Crippen LogP contribution in [0.3, 0.4) is 0 Å². The topological polar surface area (TPSA) is 88.8 Å². The number of hydrogen-bond donors (Lipinski definition) is 2. The zero-order valence-corrected chi connectivity index (χ0v) is 10.0. The molecule has 2 aromatic rings. The number of H-pyrrole nitrogens is 1. The van der Waals surface area contributed by atoms with Crippen molar-refractivity contribution >= 4 is 11.7 Å². The molecule has 0 aliphatic heterocycles. The maximum Gasteiger partial charge on any atom is 0.513 e. The van der Waals surface area contributed by atoms with E-state index in [1.165, 1.54) is 17.6 Å². The van der Waals surface area contributed by atoms with Crippen LogP contribution in [0.15, 0.2) is 18.3 Å². The predicted molar refractivity (Wildman–Crippen MR) is 61.8 cm³/mol. The van der Waals surface area contributed by atoms with Gasteiger partial charge < -0.3 is 19.2 Å². The van der Waals surface area contributed by atoms with E-state index in [1.807, 2.05) is 0 Å². The van der Waals surface area contributed by atoms with Gasteiger partial charge >= 0.3 is 6.16 Å². The number of ether oxygens (including phenoxy) is 3. The quantitative estimate of drug-likeness (QED) is 0.804. The summed E-state index contributed by atoms with van der Waals surface area (Å²) >= 11 is 0. The molecule has 96 valence electrons. The monoisotopic (exact) mass is 251 g/mol. The highest BCUT2D eigenvalue weighted by molar-refractivity contribution is 5.65. The van der Waals surface area contributed by atoms with Gasteiger partial charge in [-0.15, -0.1) is 0 Å². The summed E-state index contributed by atoms with van der Waals surface area (Å²) in [6, 6.07) is 3.11. The maximum atomic E-state index is 11.2. The summed E-state index contributed by atoms with van der Waals surface area (Å²) in [5.74, 6) is 0.683. The largest absolute Gasteiger partial charge is 0.513 e. The number of aromatic amines is 1. The number of nitrogens with zero attached hydrogens (tertiary/aromatic N) is 1. The fourth-order valence-electron chi connectivity index (χ4n) is 1.57. The van der Waals surface area contributed by atoms with Crippen LogP contribution in [-0.2, 0) is 4.74 Å². The first-order chi connectivity index (χ1) is 8.65. The van der Waals surface area contributed by atoms with Crippen LogP contribution in [-0.4, -0.2) is 29.3 Å². The number of hydrogen-bond acceptors (Lipinski definition) is 5. The van der Waals surface area contributed by atoms with Gasteiger partial charge in [-0.25, -0.2) is 9.20 Å². The van der Waals surface area contributed by atoms with Gasteiger partial charge in [0, 0.05) is 18.3 Å². The van der Waals surface area contributed by atoms with Gasteiger partial charge in [0.15, 0.2) is 0 Å². The Labute approximate surface area is 102 Å². The van der Waals surface area contributed by atoms with Gasteiger partial charge in [-0.05, 0) is 6.92 Å². The minimum absolute atomic E-state index is 0.171. The van der Waals surface area contributed by atoms with E-state index in [-0.39, 0.29) is 12.2 Å². The number of carbonyl (C=O) groups excluding carboxylic acids is 1. The lowest BCUT2D eigenvalue weighted by atomic mass is 10.4. The number of pyridine rings is 1. The summed E-state index contributed by atoms with van der Waals surface area (Å²) in [6.07, 6.45) is 0.841. The van der Waals surface area contributed by atoms with E-state index in [2.05, 4.69) is 9.72 Å². The second-order valence-corrected chi connectivity index (χ2v) is 3.42.